The van der Waals surface area contributed by atoms with E-state index in [0.717, 1.165) is 12.8 Å². The minimum Gasteiger partial charge on any atom is -0.299 e. The fraction of sp³-hybridized carbons (Fsp3) is 0.947. The minimum atomic E-state index is 0.214. The summed E-state index contributed by atoms with van der Waals surface area (Å²) in [6.45, 7) is 8.62. The van der Waals surface area contributed by atoms with E-state index in [1.807, 2.05) is 0 Å². The minimum absolute atomic E-state index is 0.214. The summed E-state index contributed by atoms with van der Waals surface area (Å²) in [7, 11) is 0. The molecule has 1 atom stereocenters. The Bertz CT molecular complexity index is 220. The van der Waals surface area contributed by atoms with Crippen molar-refractivity contribution >= 4 is 5.78 Å². The standard InChI is InChI=1S/C19H38O/c1-5-7-9-11-12-14-16-18(19(20)17(3)4)15-13-10-8-6-2/h17-18H,5-16H2,1-4H3. The molecule has 0 aromatic carbocycles. The Hall–Kier alpha value is -0.330. The molecule has 0 saturated heterocycles. The van der Waals surface area contributed by atoms with Gasteiger partial charge in [0.1, 0.15) is 5.78 Å². The molecule has 0 aliphatic rings. The van der Waals surface area contributed by atoms with Crippen LogP contribution in [0.3, 0.4) is 0 Å². The van der Waals surface area contributed by atoms with Gasteiger partial charge < -0.3 is 0 Å². The van der Waals surface area contributed by atoms with Gasteiger partial charge >= 0.3 is 0 Å². The SMILES string of the molecule is CCCCCCCCC(CCCCCC)C(=O)C(C)C. The van der Waals surface area contributed by atoms with Crippen LogP contribution in [-0.4, -0.2) is 5.78 Å². The molecule has 1 unspecified atom stereocenters. The van der Waals surface area contributed by atoms with Crippen LogP contribution < -0.4 is 0 Å². The number of carbonyl (C=O) groups is 1. The number of rotatable bonds is 14. The van der Waals surface area contributed by atoms with Gasteiger partial charge in [0.15, 0.2) is 0 Å². The van der Waals surface area contributed by atoms with Crippen LogP contribution in [0.4, 0.5) is 0 Å². The first-order valence-electron chi connectivity index (χ1n) is 9.17. The van der Waals surface area contributed by atoms with Gasteiger partial charge in [-0.1, -0.05) is 91.9 Å². The lowest BCUT2D eigenvalue weighted by Gasteiger charge is -2.18. The highest BCUT2D eigenvalue weighted by atomic mass is 16.1. The van der Waals surface area contributed by atoms with Crippen molar-refractivity contribution in [2.45, 2.75) is 105 Å². The van der Waals surface area contributed by atoms with Crippen molar-refractivity contribution in [2.75, 3.05) is 0 Å². The monoisotopic (exact) mass is 282 g/mol. The predicted molar refractivity (Wildman–Crippen MR) is 90.1 cm³/mol. The first kappa shape index (κ1) is 19.7. The highest BCUT2D eigenvalue weighted by Gasteiger charge is 2.20. The van der Waals surface area contributed by atoms with E-state index < -0.39 is 0 Å². The van der Waals surface area contributed by atoms with Crippen LogP contribution in [0.5, 0.6) is 0 Å². The lowest BCUT2D eigenvalue weighted by Crippen LogP contribution is -2.20. The first-order valence-corrected chi connectivity index (χ1v) is 9.17. The van der Waals surface area contributed by atoms with Crippen LogP contribution in [-0.2, 0) is 4.79 Å². The largest absolute Gasteiger partial charge is 0.299 e. The molecule has 1 nitrogen and oxygen atoms in total. The summed E-state index contributed by atoms with van der Waals surface area (Å²) in [6.07, 6.45) is 15.4. The first-order chi connectivity index (χ1) is 9.63. The number of hydrogen-bond acceptors (Lipinski definition) is 1. The summed E-state index contributed by atoms with van der Waals surface area (Å²) in [5.41, 5.74) is 0. The van der Waals surface area contributed by atoms with Gasteiger partial charge in [-0.25, -0.2) is 0 Å². The number of unbranched alkanes of at least 4 members (excludes halogenated alkanes) is 8. The van der Waals surface area contributed by atoms with E-state index in [0.29, 0.717) is 11.7 Å². The van der Waals surface area contributed by atoms with E-state index in [1.165, 1.54) is 64.2 Å². The highest BCUT2D eigenvalue weighted by molar-refractivity contribution is 5.82. The Morgan fingerprint density at radius 3 is 1.55 bits per heavy atom. The number of hydrogen-bond donors (Lipinski definition) is 0. The Morgan fingerprint density at radius 1 is 0.700 bits per heavy atom. The third-order valence-corrected chi connectivity index (χ3v) is 4.28. The Morgan fingerprint density at radius 2 is 1.10 bits per heavy atom. The van der Waals surface area contributed by atoms with Crippen molar-refractivity contribution in [3.63, 3.8) is 0 Å². The normalized spacial score (nSPS) is 12.8. The van der Waals surface area contributed by atoms with Gasteiger partial charge in [0.2, 0.25) is 0 Å². The third-order valence-electron chi connectivity index (χ3n) is 4.28. The maximum absolute atomic E-state index is 12.3. The van der Waals surface area contributed by atoms with E-state index in [4.69, 9.17) is 0 Å². The fourth-order valence-electron chi connectivity index (χ4n) is 2.89. The van der Waals surface area contributed by atoms with E-state index in [2.05, 4.69) is 27.7 Å². The van der Waals surface area contributed by atoms with Crippen molar-refractivity contribution in [1.29, 1.82) is 0 Å². The second kappa shape index (κ2) is 13.6. The lowest BCUT2D eigenvalue weighted by atomic mass is 9.86. The summed E-state index contributed by atoms with van der Waals surface area (Å²) < 4.78 is 0. The summed E-state index contributed by atoms with van der Waals surface area (Å²) in [4.78, 5) is 12.3. The van der Waals surface area contributed by atoms with Crippen molar-refractivity contribution in [1.82, 2.24) is 0 Å². The average molecular weight is 283 g/mol. The van der Waals surface area contributed by atoms with Gasteiger partial charge in [0, 0.05) is 11.8 Å². The Kier molecular flexibility index (Phi) is 13.4. The van der Waals surface area contributed by atoms with Crippen LogP contribution in [0.25, 0.3) is 0 Å². The number of carbonyl (C=O) groups excluding carboxylic acids is 1. The molecule has 1 heteroatoms. The molecule has 0 rings (SSSR count). The molecular formula is C19H38O. The smallest absolute Gasteiger partial charge is 0.138 e. The fourth-order valence-corrected chi connectivity index (χ4v) is 2.89. The zero-order valence-corrected chi connectivity index (χ0v) is 14.5. The van der Waals surface area contributed by atoms with Crippen LogP contribution in [0, 0.1) is 11.8 Å². The molecule has 0 heterocycles. The molecule has 0 aliphatic heterocycles. The summed E-state index contributed by atoms with van der Waals surface area (Å²) in [6, 6.07) is 0. The van der Waals surface area contributed by atoms with Crippen LogP contribution in [0.15, 0.2) is 0 Å². The van der Waals surface area contributed by atoms with Crippen molar-refractivity contribution in [3.05, 3.63) is 0 Å². The molecule has 0 saturated carbocycles. The van der Waals surface area contributed by atoms with Crippen LogP contribution in [0.2, 0.25) is 0 Å². The third kappa shape index (κ3) is 10.5. The molecule has 0 aromatic rings. The van der Waals surface area contributed by atoms with Gasteiger partial charge in [0.25, 0.3) is 0 Å². The molecule has 0 radical (unpaired) electrons. The van der Waals surface area contributed by atoms with Gasteiger partial charge in [-0.05, 0) is 12.8 Å². The molecule has 0 N–H and O–H groups in total. The van der Waals surface area contributed by atoms with E-state index >= 15 is 0 Å². The quantitative estimate of drug-likeness (QED) is 0.330. The highest BCUT2D eigenvalue weighted by Crippen LogP contribution is 2.22. The average Bonchev–Trinajstić information content (AvgIpc) is 2.44. The molecule has 0 fully saturated rings. The predicted octanol–water partition coefficient (Wildman–Crippen LogP) is 6.55. The van der Waals surface area contributed by atoms with Crippen LogP contribution >= 0.6 is 0 Å². The summed E-state index contributed by atoms with van der Waals surface area (Å²) in [5.74, 6) is 1.07. The van der Waals surface area contributed by atoms with Gasteiger partial charge in [0.05, 0.1) is 0 Å². The van der Waals surface area contributed by atoms with Crippen molar-refractivity contribution in [3.8, 4) is 0 Å². The molecular weight excluding hydrogens is 244 g/mol. The molecule has 0 aromatic heterocycles. The zero-order valence-electron chi connectivity index (χ0n) is 14.5. The maximum atomic E-state index is 12.3. The van der Waals surface area contributed by atoms with Crippen molar-refractivity contribution < 1.29 is 4.79 Å². The zero-order chi connectivity index (χ0) is 15.2. The topological polar surface area (TPSA) is 17.1 Å². The summed E-state index contributed by atoms with van der Waals surface area (Å²) >= 11 is 0. The van der Waals surface area contributed by atoms with Crippen molar-refractivity contribution in [2.24, 2.45) is 11.8 Å². The lowest BCUT2D eigenvalue weighted by molar-refractivity contribution is -0.126. The molecule has 120 valence electrons. The van der Waals surface area contributed by atoms with Gasteiger partial charge in [-0.3, -0.25) is 4.79 Å². The van der Waals surface area contributed by atoms with E-state index in [1.54, 1.807) is 0 Å². The van der Waals surface area contributed by atoms with Crippen LogP contribution in [0.1, 0.15) is 105 Å². The second-order valence-corrected chi connectivity index (χ2v) is 6.66. The number of ketones is 1. The van der Waals surface area contributed by atoms with E-state index in [9.17, 15) is 4.79 Å². The molecule has 0 amide bonds. The number of Topliss-reactive ketones (excluding diaryl/α,β-unsaturated/α-hetero) is 1. The molecule has 20 heavy (non-hydrogen) atoms. The van der Waals surface area contributed by atoms with Gasteiger partial charge in [-0.2, -0.15) is 0 Å². The Balaban J connectivity index is 3.89. The summed E-state index contributed by atoms with van der Waals surface area (Å²) in [5, 5.41) is 0. The Labute approximate surface area is 127 Å². The maximum Gasteiger partial charge on any atom is 0.138 e. The van der Waals surface area contributed by atoms with Gasteiger partial charge in [-0.15, -0.1) is 0 Å². The molecule has 0 spiro atoms. The second-order valence-electron chi connectivity index (χ2n) is 6.66. The van der Waals surface area contributed by atoms with E-state index in [-0.39, 0.29) is 5.92 Å². The molecule has 0 aliphatic carbocycles. The molecule has 0 bridgehead atoms.